The Morgan fingerprint density at radius 1 is 1.28 bits per heavy atom. The number of halogens is 1. The van der Waals surface area contributed by atoms with Gasteiger partial charge in [0.25, 0.3) is 0 Å². The van der Waals surface area contributed by atoms with Crippen molar-refractivity contribution in [1.82, 2.24) is 5.32 Å². The first-order chi connectivity index (χ1) is 8.70. The van der Waals surface area contributed by atoms with Crippen molar-refractivity contribution in [3.05, 3.63) is 41.4 Å². The van der Waals surface area contributed by atoms with E-state index < -0.39 is 0 Å². The van der Waals surface area contributed by atoms with Crippen LogP contribution in [0.15, 0.2) is 36.4 Å². The summed E-state index contributed by atoms with van der Waals surface area (Å²) in [5, 5.41) is 7.98. The average Bonchev–Trinajstić information content (AvgIpc) is 2.90. The first kappa shape index (κ1) is 12.0. The highest BCUT2D eigenvalue weighted by atomic mass is 35.5. The third-order valence-electron chi connectivity index (χ3n) is 3.68. The molecule has 1 aromatic carbocycles. The molecule has 3 rings (SSSR count). The van der Waals surface area contributed by atoms with Gasteiger partial charge in [-0.1, -0.05) is 29.8 Å². The van der Waals surface area contributed by atoms with E-state index in [0.29, 0.717) is 22.1 Å². The number of benzene rings is 1. The smallest absolute Gasteiger partial charge is 0.171 e. The standard InChI is InChI=1S/C14H15ClN2S/c15-11-2-1-3-12(8-11)16-14(18)17-13-7-9-4-5-10(13)6-9/h1-5,8-10,13H,6-7H2,(H2,16,17,18)/t9-,10+,13-/m0/s1. The molecule has 0 aliphatic heterocycles. The van der Waals surface area contributed by atoms with Gasteiger partial charge in [0, 0.05) is 16.8 Å². The van der Waals surface area contributed by atoms with Crippen molar-refractivity contribution >= 4 is 34.6 Å². The number of anilines is 1. The number of rotatable bonds is 2. The van der Waals surface area contributed by atoms with Gasteiger partial charge in [-0.05, 0) is 55.1 Å². The van der Waals surface area contributed by atoms with Crippen molar-refractivity contribution < 1.29 is 0 Å². The van der Waals surface area contributed by atoms with Gasteiger partial charge in [-0.3, -0.25) is 0 Å². The molecule has 1 aromatic rings. The molecule has 94 valence electrons. The van der Waals surface area contributed by atoms with Gasteiger partial charge in [0.05, 0.1) is 0 Å². The Labute approximate surface area is 117 Å². The van der Waals surface area contributed by atoms with Crippen molar-refractivity contribution in [3.63, 3.8) is 0 Å². The monoisotopic (exact) mass is 278 g/mol. The van der Waals surface area contributed by atoms with E-state index in [2.05, 4.69) is 22.8 Å². The Bertz CT molecular complexity index is 500. The number of nitrogens with one attached hydrogen (secondary N) is 2. The van der Waals surface area contributed by atoms with E-state index in [1.165, 1.54) is 12.8 Å². The summed E-state index contributed by atoms with van der Waals surface area (Å²) in [5.41, 5.74) is 0.929. The van der Waals surface area contributed by atoms with Gasteiger partial charge in [0.15, 0.2) is 5.11 Å². The maximum absolute atomic E-state index is 5.94. The van der Waals surface area contributed by atoms with Crippen molar-refractivity contribution in [1.29, 1.82) is 0 Å². The fourth-order valence-corrected chi connectivity index (χ4v) is 3.31. The molecule has 2 bridgehead atoms. The van der Waals surface area contributed by atoms with Crippen LogP contribution in [0.25, 0.3) is 0 Å². The molecule has 2 N–H and O–H groups in total. The number of hydrogen-bond acceptors (Lipinski definition) is 1. The molecule has 18 heavy (non-hydrogen) atoms. The molecule has 0 amide bonds. The number of allylic oxidation sites excluding steroid dienone is 1. The SMILES string of the molecule is S=C(Nc1cccc(Cl)c1)N[C@H]1C[C@H]2C=C[C@@H]1C2. The van der Waals surface area contributed by atoms with E-state index in [1.54, 1.807) is 0 Å². The lowest BCUT2D eigenvalue weighted by Gasteiger charge is -2.21. The summed E-state index contributed by atoms with van der Waals surface area (Å²) in [6.45, 7) is 0. The van der Waals surface area contributed by atoms with Crippen LogP contribution in [0, 0.1) is 11.8 Å². The number of thiocarbonyl (C=S) groups is 1. The zero-order chi connectivity index (χ0) is 12.5. The zero-order valence-electron chi connectivity index (χ0n) is 9.90. The van der Waals surface area contributed by atoms with Crippen LogP contribution in [0.1, 0.15) is 12.8 Å². The van der Waals surface area contributed by atoms with E-state index in [4.69, 9.17) is 23.8 Å². The van der Waals surface area contributed by atoms with Gasteiger partial charge < -0.3 is 10.6 Å². The second kappa shape index (κ2) is 4.90. The van der Waals surface area contributed by atoms with Gasteiger partial charge in [0.2, 0.25) is 0 Å². The van der Waals surface area contributed by atoms with Crippen molar-refractivity contribution in [2.45, 2.75) is 18.9 Å². The second-order valence-electron chi connectivity index (χ2n) is 5.00. The minimum atomic E-state index is 0.485. The molecular formula is C14H15ClN2S. The molecule has 0 radical (unpaired) electrons. The third-order valence-corrected chi connectivity index (χ3v) is 4.13. The Kier molecular flexibility index (Phi) is 3.27. The van der Waals surface area contributed by atoms with Crippen molar-refractivity contribution in [3.8, 4) is 0 Å². The van der Waals surface area contributed by atoms with Crippen LogP contribution in [0.4, 0.5) is 5.69 Å². The zero-order valence-corrected chi connectivity index (χ0v) is 11.5. The predicted octanol–water partition coefficient (Wildman–Crippen LogP) is 3.59. The molecule has 1 fully saturated rings. The van der Waals surface area contributed by atoms with Gasteiger partial charge in [-0.2, -0.15) is 0 Å². The van der Waals surface area contributed by atoms with Crippen LogP contribution >= 0.6 is 23.8 Å². The van der Waals surface area contributed by atoms with E-state index in [-0.39, 0.29) is 0 Å². The highest BCUT2D eigenvalue weighted by molar-refractivity contribution is 7.80. The summed E-state index contributed by atoms with van der Waals surface area (Å²) in [7, 11) is 0. The van der Waals surface area contributed by atoms with Crippen molar-refractivity contribution in [2.75, 3.05) is 5.32 Å². The fraction of sp³-hybridized carbons (Fsp3) is 0.357. The summed E-state index contributed by atoms with van der Waals surface area (Å²) < 4.78 is 0. The summed E-state index contributed by atoms with van der Waals surface area (Å²) in [4.78, 5) is 0. The lowest BCUT2D eigenvalue weighted by Crippen LogP contribution is -2.40. The summed E-state index contributed by atoms with van der Waals surface area (Å²) in [5.74, 6) is 1.40. The van der Waals surface area contributed by atoms with E-state index in [1.807, 2.05) is 24.3 Å². The van der Waals surface area contributed by atoms with Crippen LogP contribution < -0.4 is 10.6 Å². The molecule has 2 nitrogen and oxygen atoms in total. The van der Waals surface area contributed by atoms with Gasteiger partial charge in [-0.25, -0.2) is 0 Å². The third kappa shape index (κ3) is 2.52. The largest absolute Gasteiger partial charge is 0.359 e. The highest BCUT2D eigenvalue weighted by Crippen LogP contribution is 2.38. The lowest BCUT2D eigenvalue weighted by atomic mass is 10.0. The normalized spacial score (nSPS) is 28.4. The topological polar surface area (TPSA) is 24.1 Å². The first-order valence-corrected chi connectivity index (χ1v) is 7.01. The molecule has 0 spiro atoms. The first-order valence-electron chi connectivity index (χ1n) is 6.22. The molecule has 4 heteroatoms. The van der Waals surface area contributed by atoms with E-state index in [0.717, 1.165) is 11.6 Å². The van der Waals surface area contributed by atoms with Crippen LogP contribution in [0.5, 0.6) is 0 Å². The van der Waals surface area contributed by atoms with Gasteiger partial charge in [-0.15, -0.1) is 0 Å². The molecule has 2 aliphatic rings. The molecule has 0 saturated heterocycles. The maximum atomic E-state index is 5.94. The average molecular weight is 279 g/mol. The Balaban J connectivity index is 1.58. The minimum Gasteiger partial charge on any atom is -0.359 e. The second-order valence-corrected chi connectivity index (χ2v) is 5.84. The highest BCUT2D eigenvalue weighted by Gasteiger charge is 2.35. The number of hydrogen-bond donors (Lipinski definition) is 2. The van der Waals surface area contributed by atoms with Crippen LogP contribution in [0.2, 0.25) is 5.02 Å². The maximum Gasteiger partial charge on any atom is 0.171 e. The predicted molar refractivity (Wildman–Crippen MR) is 80.0 cm³/mol. The molecular weight excluding hydrogens is 264 g/mol. The molecule has 0 unspecified atom stereocenters. The van der Waals surface area contributed by atoms with Crippen LogP contribution in [-0.4, -0.2) is 11.2 Å². The quantitative estimate of drug-likeness (QED) is 0.639. The van der Waals surface area contributed by atoms with Crippen LogP contribution in [-0.2, 0) is 0 Å². The molecule has 1 saturated carbocycles. The van der Waals surface area contributed by atoms with Crippen LogP contribution in [0.3, 0.4) is 0 Å². The summed E-state index contributed by atoms with van der Waals surface area (Å²) in [6.07, 6.45) is 7.11. The molecule has 3 atom stereocenters. The number of fused-ring (bicyclic) bond motifs is 2. The Hall–Kier alpha value is -1.06. The summed E-state index contributed by atoms with van der Waals surface area (Å²) >= 11 is 11.3. The van der Waals surface area contributed by atoms with Crippen molar-refractivity contribution in [2.24, 2.45) is 11.8 Å². The van der Waals surface area contributed by atoms with E-state index in [9.17, 15) is 0 Å². The van der Waals surface area contributed by atoms with Gasteiger partial charge >= 0.3 is 0 Å². The molecule has 2 aliphatic carbocycles. The minimum absolute atomic E-state index is 0.485. The molecule has 0 aromatic heterocycles. The fourth-order valence-electron chi connectivity index (χ4n) is 2.85. The summed E-state index contributed by atoms with van der Waals surface area (Å²) in [6, 6.07) is 8.08. The Morgan fingerprint density at radius 3 is 2.83 bits per heavy atom. The molecule has 0 heterocycles. The van der Waals surface area contributed by atoms with Gasteiger partial charge in [0.1, 0.15) is 0 Å². The lowest BCUT2D eigenvalue weighted by molar-refractivity contribution is 0.526. The Morgan fingerprint density at radius 2 is 2.17 bits per heavy atom. The van der Waals surface area contributed by atoms with E-state index >= 15 is 0 Å².